The molecule has 1 aliphatic heterocycles. The van der Waals surface area contributed by atoms with Gasteiger partial charge in [0, 0.05) is 23.9 Å². The van der Waals surface area contributed by atoms with Gasteiger partial charge < -0.3 is 30.9 Å². The van der Waals surface area contributed by atoms with Gasteiger partial charge in [0.05, 0.1) is 25.3 Å². The van der Waals surface area contributed by atoms with E-state index < -0.39 is 18.0 Å². The van der Waals surface area contributed by atoms with Crippen LogP contribution in [0.5, 0.6) is 11.5 Å². The molecule has 1 atom stereocenters. The summed E-state index contributed by atoms with van der Waals surface area (Å²) in [7, 11) is 1.45. The van der Waals surface area contributed by atoms with Crippen LogP contribution < -0.4 is 21.1 Å². The number of esters is 1. The van der Waals surface area contributed by atoms with E-state index in [0.717, 1.165) is 0 Å². The summed E-state index contributed by atoms with van der Waals surface area (Å²) in [5, 5.41) is 15.5. The van der Waals surface area contributed by atoms with Crippen LogP contribution in [0, 0.1) is 0 Å². The van der Waals surface area contributed by atoms with Gasteiger partial charge in [0.15, 0.2) is 0 Å². The molecule has 8 heteroatoms. The molecule has 26 heavy (non-hydrogen) atoms. The second-order valence-electron chi connectivity index (χ2n) is 6.16. The third-order valence-electron chi connectivity index (χ3n) is 4.17. The maximum Gasteiger partial charge on any atom is 0.338 e. The first-order valence-electron chi connectivity index (χ1n) is 8.42. The van der Waals surface area contributed by atoms with E-state index >= 15 is 0 Å². The molecule has 0 spiro atoms. The minimum absolute atomic E-state index is 0.0288. The van der Waals surface area contributed by atoms with Gasteiger partial charge in [0.25, 0.3) is 0 Å². The Bertz CT molecular complexity index is 743. The molecule has 1 aromatic rings. The van der Waals surface area contributed by atoms with Gasteiger partial charge in [-0.3, -0.25) is 0 Å². The Balaban J connectivity index is 2.68. The molecule has 8 nitrogen and oxygen atoms in total. The van der Waals surface area contributed by atoms with E-state index in [1.54, 1.807) is 13.0 Å². The zero-order valence-electron chi connectivity index (χ0n) is 15.4. The van der Waals surface area contributed by atoms with Crippen LogP contribution in [-0.2, 0) is 9.53 Å². The fourth-order valence-electron chi connectivity index (χ4n) is 2.93. The second kappa shape index (κ2) is 8.09. The number of hydrogen-bond donors (Lipinski definition) is 4. The zero-order chi connectivity index (χ0) is 19.4. The van der Waals surface area contributed by atoms with Gasteiger partial charge in [0.2, 0.25) is 0 Å². The summed E-state index contributed by atoms with van der Waals surface area (Å²) < 4.78 is 10.5. The SMILES string of the molecule is CCOC(=O)C1=C(CN)NC(=O)NC1c1cc(C(C)C)c(O)cc1OC. The van der Waals surface area contributed by atoms with Crippen LogP contribution in [-0.4, -0.2) is 37.4 Å². The van der Waals surface area contributed by atoms with Crippen molar-refractivity contribution in [2.75, 3.05) is 20.3 Å². The zero-order valence-corrected chi connectivity index (χ0v) is 15.4. The lowest BCUT2D eigenvalue weighted by molar-refractivity contribution is -0.139. The molecule has 2 amide bonds. The average Bonchev–Trinajstić information content (AvgIpc) is 2.60. The molecule has 0 aromatic heterocycles. The third kappa shape index (κ3) is 3.75. The summed E-state index contributed by atoms with van der Waals surface area (Å²) in [6.07, 6.45) is 0. The molecule has 1 aromatic carbocycles. The fraction of sp³-hybridized carbons (Fsp3) is 0.444. The number of carbonyl (C=O) groups excluding carboxylic acids is 2. The molecule has 0 saturated carbocycles. The summed E-state index contributed by atoms with van der Waals surface area (Å²) in [6.45, 7) is 5.71. The maximum atomic E-state index is 12.5. The third-order valence-corrected chi connectivity index (χ3v) is 4.17. The first-order valence-corrected chi connectivity index (χ1v) is 8.42. The van der Waals surface area contributed by atoms with Crippen LogP contribution >= 0.6 is 0 Å². The van der Waals surface area contributed by atoms with Crippen molar-refractivity contribution in [1.29, 1.82) is 0 Å². The van der Waals surface area contributed by atoms with Crippen LogP contribution in [0.25, 0.3) is 0 Å². The number of urea groups is 1. The number of amides is 2. The van der Waals surface area contributed by atoms with Gasteiger partial charge in [-0.15, -0.1) is 0 Å². The van der Waals surface area contributed by atoms with E-state index in [1.165, 1.54) is 13.2 Å². The monoisotopic (exact) mass is 363 g/mol. The van der Waals surface area contributed by atoms with E-state index in [-0.39, 0.29) is 30.4 Å². The smallest absolute Gasteiger partial charge is 0.338 e. The van der Waals surface area contributed by atoms with Crippen molar-refractivity contribution in [3.05, 3.63) is 34.5 Å². The molecule has 0 saturated heterocycles. The van der Waals surface area contributed by atoms with Gasteiger partial charge in [-0.25, -0.2) is 9.59 Å². The topological polar surface area (TPSA) is 123 Å². The highest BCUT2D eigenvalue weighted by Crippen LogP contribution is 2.39. The molecule has 1 unspecified atom stereocenters. The highest BCUT2D eigenvalue weighted by molar-refractivity contribution is 5.95. The van der Waals surface area contributed by atoms with Crippen molar-refractivity contribution in [3.8, 4) is 11.5 Å². The van der Waals surface area contributed by atoms with Gasteiger partial charge in [-0.2, -0.15) is 0 Å². The average molecular weight is 363 g/mol. The summed E-state index contributed by atoms with van der Waals surface area (Å²) >= 11 is 0. The molecular weight excluding hydrogens is 338 g/mol. The molecule has 0 bridgehead atoms. The van der Waals surface area contributed by atoms with Crippen molar-refractivity contribution in [3.63, 3.8) is 0 Å². The highest BCUT2D eigenvalue weighted by Gasteiger charge is 2.35. The predicted molar refractivity (Wildman–Crippen MR) is 95.9 cm³/mol. The number of nitrogens with one attached hydrogen (secondary N) is 2. The molecule has 0 radical (unpaired) electrons. The second-order valence-corrected chi connectivity index (χ2v) is 6.16. The molecule has 0 fully saturated rings. The minimum Gasteiger partial charge on any atom is -0.508 e. The van der Waals surface area contributed by atoms with Gasteiger partial charge in [-0.1, -0.05) is 13.8 Å². The number of benzene rings is 1. The van der Waals surface area contributed by atoms with Crippen LogP contribution in [0.15, 0.2) is 23.4 Å². The van der Waals surface area contributed by atoms with Gasteiger partial charge in [-0.05, 0) is 24.5 Å². The minimum atomic E-state index is -0.811. The van der Waals surface area contributed by atoms with Crippen molar-refractivity contribution in [2.24, 2.45) is 5.73 Å². The van der Waals surface area contributed by atoms with Gasteiger partial charge >= 0.3 is 12.0 Å². The maximum absolute atomic E-state index is 12.5. The standard InChI is InChI=1S/C18H25N3O5/c1-5-26-17(23)15-12(8-19)20-18(24)21-16(15)11-6-10(9(2)3)13(22)7-14(11)25-4/h6-7,9,16,22H,5,8,19H2,1-4H3,(H2,20,21,24). The summed E-state index contributed by atoms with van der Waals surface area (Å²) in [6, 6.07) is 1.91. The first kappa shape index (κ1) is 19.6. The molecule has 5 N–H and O–H groups in total. The number of carbonyl (C=O) groups is 2. The summed E-state index contributed by atoms with van der Waals surface area (Å²) in [5.41, 5.74) is 7.44. The Hall–Kier alpha value is -2.74. The molecule has 142 valence electrons. The van der Waals surface area contributed by atoms with Crippen molar-refractivity contribution < 1.29 is 24.2 Å². The lowest BCUT2D eigenvalue weighted by Crippen LogP contribution is -2.47. The van der Waals surface area contributed by atoms with E-state index in [0.29, 0.717) is 22.6 Å². The number of nitrogens with two attached hydrogens (primary N) is 1. The lowest BCUT2D eigenvalue weighted by atomic mass is 9.90. The van der Waals surface area contributed by atoms with E-state index in [9.17, 15) is 14.7 Å². The Morgan fingerprint density at radius 3 is 2.62 bits per heavy atom. The largest absolute Gasteiger partial charge is 0.508 e. The molecule has 1 heterocycles. The number of ether oxygens (including phenoxy) is 2. The van der Waals surface area contributed by atoms with Gasteiger partial charge in [0.1, 0.15) is 11.5 Å². The predicted octanol–water partition coefficient (Wildman–Crippen LogP) is 1.65. The highest BCUT2D eigenvalue weighted by atomic mass is 16.5. The Morgan fingerprint density at radius 1 is 1.38 bits per heavy atom. The van der Waals surface area contributed by atoms with Crippen LogP contribution in [0.1, 0.15) is 43.9 Å². The summed E-state index contributed by atoms with van der Waals surface area (Å²) in [5.74, 6) is -0.119. The van der Waals surface area contributed by atoms with Crippen LogP contribution in [0.3, 0.4) is 0 Å². The number of phenols is 1. The lowest BCUT2D eigenvalue weighted by Gasteiger charge is -2.30. The number of hydrogen-bond acceptors (Lipinski definition) is 6. The summed E-state index contributed by atoms with van der Waals surface area (Å²) in [4.78, 5) is 24.6. The van der Waals surface area contributed by atoms with Crippen LogP contribution in [0.4, 0.5) is 4.79 Å². The van der Waals surface area contributed by atoms with E-state index in [4.69, 9.17) is 15.2 Å². The Kier molecular flexibility index (Phi) is 6.10. The number of aromatic hydroxyl groups is 1. The fourth-order valence-corrected chi connectivity index (χ4v) is 2.93. The first-order chi connectivity index (χ1) is 12.3. The van der Waals surface area contributed by atoms with Crippen molar-refractivity contribution >= 4 is 12.0 Å². The van der Waals surface area contributed by atoms with E-state index in [1.807, 2.05) is 13.8 Å². The number of rotatable bonds is 6. The van der Waals surface area contributed by atoms with Crippen molar-refractivity contribution in [2.45, 2.75) is 32.7 Å². The normalized spacial score (nSPS) is 17.0. The molecule has 1 aliphatic rings. The van der Waals surface area contributed by atoms with Crippen molar-refractivity contribution in [1.82, 2.24) is 10.6 Å². The molecular formula is C18H25N3O5. The quantitative estimate of drug-likeness (QED) is 0.570. The van der Waals surface area contributed by atoms with Crippen LogP contribution in [0.2, 0.25) is 0 Å². The molecule has 2 rings (SSSR count). The Labute approximate surface area is 152 Å². The Morgan fingerprint density at radius 2 is 2.08 bits per heavy atom. The molecule has 0 aliphatic carbocycles. The number of phenolic OH excluding ortho intramolecular Hbond substituents is 1. The number of methoxy groups -OCH3 is 1. The van der Waals surface area contributed by atoms with E-state index in [2.05, 4.69) is 10.6 Å².